The Morgan fingerprint density at radius 3 is 2.38 bits per heavy atom. The fraction of sp³-hybridized carbons (Fsp3) is 0.500. The lowest BCUT2D eigenvalue weighted by molar-refractivity contribution is -0.137. The molecular weight excluding hydrogens is 217 g/mol. The Morgan fingerprint density at radius 1 is 1.25 bits per heavy atom. The first-order valence-electron chi connectivity index (χ1n) is 5.16. The van der Waals surface area contributed by atoms with E-state index in [9.17, 15) is 18.3 Å². The van der Waals surface area contributed by atoms with Crippen molar-refractivity contribution in [2.45, 2.75) is 32.5 Å². The standard InChI is InChI=1S/C12H15F3O/c1-8(2)6-11(16)9-4-3-5-10(7-9)12(13,14)15/h3-5,7-8,11,16H,6H2,1-2H3. The van der Waals surface area contributed by atoms with Gasteiger partial charge in [0.15, 0.2) is 0 Å². The Labute approximate surface area is 92.9 Å². The molecule has 0 aliphatic rings. The summed E-state index contributed by atoms with van der Waals surface area (Å²) in [5, 5.41) is 9.71. The number of hydrogen-bond acceptors (Lipinski definition) is 1. The molecule has 0 aromatic heterocycles. The van der Waals surface area contributed by atoms with Crippen molar-refractivity contribution in [2.24, 2.45) is 5.92 Å². The minimum atomic E-state index is -4.35. The van der Waals surface area contributed by atoms with Crippen LogP contribution in [0.15, 0.2) is 24.3 Å². The van der Waals surface area contributed by atoms with Crippen LogP contribution in [0.4, 0.5) is 13.2 Å². The van der Waals surface area contributed by atoms with E-state index in [-0.39, 0.29) is 5.92 Å². The van der Waals surface area contributed by atoms with Crippen molar-refractivity contribution >= 4 is 0 Å². The van der Waals surface area contributed by atoms with E-state index in [4.69, 9.17) is 0 Å². The molecule has 0 aliphatic carbocycles. The molecule has 1 N–H and O–H groups in total. The Kier molecular flexibility index (Phi) is 3.97. The molecule has 0 radical (unpaired) electrons. The monoisotopic (exact) mass is 232 g/mol. The van der Waals surface area contributed by atoms with E-state index in [1.807, 2.05) is 13.8 Å². The third-order valence-electron chi connectivity index (χ3n) is 2.29. The van der Waals surface area contributed by atoms with Gasteiger partial charge < -0.3 is 5.11 Å². The van der Waals surface area contributed by atoms with Gasteiger partial charge in [-0.2, -0.15) is 13.2 Å². The average molecular weight is 232 g/mol. The summed E-state index contributed by atoms with van der Waals surface area (Å²) >= 11 is 0. The maximum atomic E-state index is 12.4. The van der Waals surface area contributed by atoms with Crippen LogP contribution in [0.1, 0.15) is 37.5 Å². The highest BCUT2D eigenvalue weighted by Gasteiger charge is 2.30. The lowest BCUT2D eigenvalue weighted by Gasteiger charge is -2.15. The largest absolute Gasteiger partial charge is 0.416 e. The molecule has 4 heteroatoms. The smallest absolute Gasteiger partial charge is 0.388 e. The van der Waals surface area contributed by atoms with Crippen LogP contribution in [0.25, 0.3) is 0 Å². The molecule has 0 heterocycles. The lowest BCUT2D eigenvalue weighted by atomic mass is 9.98. The fourth-order valence-electron chi connectivity index (χ4n) is 1.50. The van der Waals surface area contributed by atoms with E-state index in [1.54, 1.807) is 0 Å². The second-order valence-electron chi connectivity index (χ2n) is 4.27. The maximum absolute atomic E-state index is 12.4. The summed E-state index contributed by atoms with van der Waals surface area (Å²) < 4.78 is 37.2. The summed E-state index contributed by atoms with van der Waals surface area (Å²) in [5.74, 6) is 0.240. The molecule has 1 atom stereocenters. The molecule has 0 aliphatic heterocycles. The van der Waals surface area contributed by atoms with Crippen LogP contribution in [0.3, 0.4) is 0 Å². The number of hydrogen-bond donors (Lipinski definition) is 1. The summed E-state index contributed by atoms with van der Waals surface area (Å²) in [6, 6.07) is 4.85. The molecular formula is C12H15F3O. The molecule has 1 rings (SSSR count). The molecule has 1 aromatic carbocycles. The molecule has 0 saturated carbocycles. The quantitative estimate of drug-likeness (QED) is 0.840. The van der Waals surface area contributed by atoms with Crippen LogP contribution in [0.2, 0.25) is 0 Å². The molecule has 0 saturated heterocycles. The van der Waals surface area contributed by atoms with Gasteiger partial charge in [-0.1, -0.05) is 26.0 Å². The normalized spacial score (nSPS) is 14.2. The first-order valence-corrected chi connectivity index (χ1v) is 5.16. The second kappa shape index (κ2) is 4.87. The first kappa shape index (κ1) is 13.0. The van der Waals surface area contributed by atoms with Gasteiger partial charge in [0.05, 0.1) is 11.7 Å². The molecule has 1 aromatic rings. The first-order chi connectivity index (χ1) is 7.30. The maximum Gasteiger partial charge on any atom is 0.416 e. The van der Waals surface area contributed by atoms with Crippen molar-refractivity contribution in [3.05, 3.63) is 35.4 Å². The topological polar surface area (TPSA) is 20.2 Å². The van der Waals surface area contributed by atoms with Crippen LogP contribution < -0.4 is 0 Å². The van der Waals surface area contributed by atoms with E-state index < -0.39 is 17.8 Å². The van der Waals surface area contributed by atoms with Crippen molar-refractivity contribution in [2.75, 3.05) is 0 Å². The summed E-state index contributed by atoms with van der Waals surface area (Å²) in [6.45, 7) is 3.83. The van der Waals surface area contributed by atoms with Gasteiger partial charge in [0.2, 0.25) is 0 Å². The lowest BCUT2D eigenvalue weighted by Crippen LogP contribution is -2.07. The molecule has 0 bridgehead atoms. The van der Waals surface area contributed by atoms with Crippen molar-refractivity contribution in [1.82, 2.24) is 0 Å². The molecule has 0 fully saturated rings. The molecule has 90 valence electrons. The Balaban J connectivity index is 2.90. The van der Waals surface area contributed by atoms with Gasteiger partial charge in [0, 0.05) is 0 Å². The number of aliphatic hydroxyl groups excluding tert-OH is 1. The molecule has 0 amide bonds. The zero-order valence-electron chi connectivity index (χ0n) is 9.25. The van der Waals surface area contributed by atoms with Crippen molar-refractivity contribution < 1.29 is 18.3 Å². The van der Waals surface area contributed by atoms with Crippen LogP contribution in [-0.4, -0.2) is 5.11 Å². The SMILES string of the molecule is CC(C)CC(O)c1cccc(C(F)(F)F)c1. The second-order valence-corrected chi connectivity index (χ2v) is 4.27. The third kappa shape index (κ3) is 3.52. The van der Waals surface area contributed by atoms with Gasteiger partial charge in [0.25, 0.3) is 0 Å². The summed E-state index contributed by atoms with van der Waals surface area (Å²) in [5.41, 5.74) is -0.392. The van der Waals surface area contributed by atoms with Crippen LogP contribution >= 0.6 is 0 Å². The number of aliphatic hydroxyl groups is 1. The number of alkyl halides is 3. The minimum Gasteiger partial charge on any atom is -0.388 e. The number of rotatable bonds is 3. The summed E-state index contributed by atoms with van der Waals surface area (Å²) in [4.78, 5) is 0. The predicted molar refractivity (Wildman–Crippen MR) is 55.9 cm³/mol. The van der Waals surface area contributed by atoms with Crippen LogP contribution in [-0.2, 0) is 6.18 Å². The van der Waals surface area contributed by atoms with Crippen molar-refractivity contribution in [3.63, 3.8) is 0 Å². The molecule has 1 unspecified atom stereocenters. The predicted octanol–water partition coefficient (Wildman–Crippen LogP) is 3.78. The Bertz CT molecular complexity index is 344. The highest BCUT2D eigenvalue weighted by molar-refractivity contribution is 5.27. The van der Waals surface area contributed by atoms with Crippen LogP contribution in [0.5, 0.6) is 0 Å². The van der Waals surface area contributed by atoms with Gasteiger partial charge in [-0.25, -0.2) is 0 Å². The summed E-state index contributed by atoms with van der Waals surface area (Å²) in [7, 11) is 0. The molecule has 0 spiro atoms. The van der Waals surface area contributed by atoms with E-state index in [0.717, 1.165) is 12.1 Å². The van der Waals surface area contributed by atoms with Crippen LogP contribution in [0, 0.1) is 5.92 Å². The number of halogens is 3. The van der Waals surface area contributed by atoms with Crippen molar-refractivity contribution in [3.8, 4) is 0 Å². The van der Waals surface area contributed by atoms with Gasteiger partial charge in [-0.05, 0) is 30.0 Å². The number of benzene rings is 1. The molecule has 1 nitrogen and oxygen atoms in total. The Morgan fingerprint density at radius 2 is 1.88 bits per heavy atom. The van der Waals surface area contributed by atoms with Crippen molar-refractivity contribution in [1.29, 1.82) is 0 Å². The average Bonchev–Trinajstić information content (AvgIpc) is 2.15. The minimum absolute atomic E-state index is 0.240. The highest BCUT2D eigenvalue weighted by atomic mass is 19.4. The van der Waals surface area contributed by atoms with E-state index in [2.05, 4.69) is 0 Å². The van der Waals surface area contributed by atoms with Gasteiger partial charge in [-0.15, -0.1) is 0 Å². The van der Waals surface area contributed by atoms with Gasteiger partial charge >= 0.3 is 6.18 Å². The van der Waals surface area contributed by atoms with E-state index in [0.29, 0.717) is 12.0 Å². The third-order valence-corrected chi connectivity index (χ3v) is 2.29. The highest BCUT2D eigenvalue weighted by Crippen LogP contribution is 2.31. The van der Waals surface area contributed by atoms with Gasteiger partial charge in [-0.3, -0.25) is 0 Å². The molecule has 16 heavy (non-hydrogen) atoms. The summed E-state index contributed by atoms with van der Waals surface area (Å²) in [6.07, 6.45) is -4.73. The zero-order chi connectivity index (χ0) is 12.3. The Hall–Kier alpha value is -1.03. The van der Waals surface area contributed by atoms with E-state index >= 15 is 0 Å². The zero-order valence-corrected chi connectivity index (χ0v) is 9.25. The van der Waals surface area contributed by atoms with Gasteiger partial charge in [0.1, 0.15) is 0 Å². The fourth-order valence-corrected chi connectivity index (χ4v) is 1.50. The van der Waals surface area contributed by atoms with E-state index in [1.165, 1.54) is 12.1 Å².